The van der Waals surface area contributed by atoms with Crippen molar-refractivity contribution in [3.63, 3.8) is 0 Å². The molecule has 0 aliphatic carbocycles. The molecule has 0 amide bonds. The standard InChI is InChI=1S/C9H10N4/c1-13-5-4-12-9(13)7-6-11-3-2-8(7)10/h2-6H,1H3,(H2,10,11). The molecule has 0 unspecified atom stereocenters. The van der Waals surface area contributed by atoms with Crippen molar-refractivity contribution in [1.82, 2.24) is 14.5 Å². The largest absolute Gasteiger partial charge is 0.398 e. The first-order chi connectivity index (χ1) is 6.29. The fourth-order valence-corrected chi connectivity index (χ4v) is 1.22. The molecule has 2 heterocycles. The topological polar surface area (TPSA) is 56.7 Å². The summed E-state index contributed by atoms with van der Waals surface area (Å²) in [6.07, 6.45) is 7.00. The maximum absolute atomic E-state index is 5.79. The van der Waals surface area contributed by atoms with Gasteiger partial charge in [-0.05, 0) is 6.07 Å². The normalized spacial score (nSPS) is 10.2. The molecular formula is C9H10N4. The molecule has 13 heavy (non-hydrogen) atoms. The van der Waals surface area contributed by atoms with Crippen LogP contribution in [0.5, 0.6) is 0 Å². The average Bonchev–Trinajstić information content (AvgIpc) is 2.52. The Morgan fingerprint density at radius 2 is 2.23 bits per heavy atom. The number of nitrogens with two attached hydrogens (primary N) is 1. The van der Waals surface area contributed by atoms with Crippen LogP contribution in [0.1, 0.15) is 0 Å². The van der Waals surface area contributed by atoms with Crippen LogP contribution in [0.2, 0.25) is 0 Å². The van der Waals surface area contributed by atoms with Crippen molar-refractivity contribution in [2.75, 3.05) is 5.73 Å². The predicted molar refractivity (Wildman–Crippen MR) is 50.9 cm³/mol. The van der Waals surface area contributed by atoms with Crippen LogP contribution in [0.4, 0.5) is 5.69 Å². The third kappa shape index (κ3) is 1.26. The third-order valence-electron chi connectivity index (χ3n) is 1.92. The van der Waals surface area contributed by atoms with E-state index in [0.29, 0.717) is 5.69 Å². The van der Waals surface area contributed by atoms with Crippen LogP contribution in [0.25, 0.3) is 11.4 Å². The lowest BCUT2D eigenvalue weighted by molar-refractivity contribution is 0.924. The molecule has 2 rings (SSSR count). The summed E-state index contributed by atoms with van der Waals surface area (Å²) >= 11 is 0. The number of rotatable bonds is 1. The second-order valence-corrected chi connectivity index (χ2v) is 2.82. The van der Waals surface area contributed by atoms with Gasteiger partial charge in [0.15, 0.2) is 0 Å². The summed E-state index contributed by atoms with van der Waals surface area (Å²) in [6, 6.07) is 1.77. The van der Waals surface area contributed by atoms with Crippen LogP contribution < -0.4 is 5.73 Å². The number of anilines is 1. The van der Waals surface area contributed by atoms with Gasteiger partial charge in [0.1, 0.15) is 5.82 Å². The van der Waals surface area contributed by atoms with Gasteiger partial charge in [-0.1, -0.05) is 0 Å². The Morgan fingerprint density at radius 3 is 2.85 bits per heavy atom. The van der Waals surface area contributed by atoms with Gasteiger partial charge in [-0.25, -0.2) is 4.98 Å². The lowest BCUT2D eigenvalue weighted by Crippen LogP contribution is -1.96. The first-order valence-corrected chi connectivity index (χ1v) is 3.96. The lowest BCUT2D eigenvalue weighted by atomic mass is 10.2. The molecule has 0 saturated carbocycles. The molecule has 0 spiro atoms. The van der Waals surface area contributed by atoms with Gasteiger partial charge in [-0.15, -0.1) is 0 Å². The summed E-state index contributed by atoms with van der Waals surface area (Å²) in [5, 5.41) is 0. The van der Waals surface area contributed by atoms with Gasteiger partial charge in [0, 0.05) is 37.5 Å². The Bertz CT molecular complexity index is 419. The molecule has 4 nitrogen and oxygen atoms in total. The van der Waals surface area contributed by atoms with Crippen molar-refractivity contribution in [2.45, 2.75) is 0 Å². The van der Waals surface area contributed by atoms with E-state index in [-0.39, 0.29) is 0 Å². The molecule has 2 N–H and O–H groups in total. The Kier molecular flexibility index (Phi) is 1.73. The quantitative estimate of drug-likeness (QED) is 0.703. The van der Waals surface area contributed by atoms with Crippen LogP contribution in [0.15, 0.2) is 30.9 Å². The zero-order valence-corrected chi connectivity index (χ0v) is 7.31. The highest BCUT2D eigenvalue weighted by atomic mass is 15.0. The number of nitrogens with zero attached hydrogens (tertiary/aromatic N) is 3. The molecule has 0 atom stereocenters. The van der Waals surface area contributed by atoms with Crippen molar-refractivity contribution >= 4 is 5.69 Å². The Balaban J connectivity index is 2.59. The Hall–Kier alpha value is -1.84. The van der Waals surface area contributed by atoms with E-state index < -0.39 is 0 Å². The van der Waals surface area contributed by atoms with Gasteiger partial charge in [-0.3, -0.25) is 4.98 Å². The minimum atomic E-state index is 0.698. The first kappa shape index (κ1) is 7.79. The highest BCUT2D eigenvalue weighted by Gasteiger charge is 2.05. The smallest absolute Gasteiger partial charge is 0.143 e. The van der Waals surface area contributed by atoms with Gasteiger partial charge < -0.3 is 10.3 Å². The SMILES string of the molecule is Cn1ccnc1-c1cnccc1N. The van der Waals surface area contributed by atoms with Gasteiger partial charge in [0.05, 0.1) is 5.56 Å². The number of imidazole rings is 1. The Labute approximate surface area is 76.1 Å². The first-order valence-electron chi connectivity index (χ1n) is 3.96. The van der Waals surface area contributed by atoms with Crippen molar-refractivity contribution in [1.29, 1.82) is 0 Å². The molecular weight excluding hydrogens is 164 g/mol. The van der Waals surface area contributed by atoms with Crippen molar-refractivity contribution in [3.8, 4) is 11.4 Å². The van der Waals surface area contributed by atoms with E-state index >= 15 is 0 Å². The van der Waals surface area contributed by atoms with E-state index in [0.717, 1.165) is 11.4 Å². The molecule has 2 aromatic heterocycles. The van der Waals surface area contributed by atoms with Gasteiger partial charge >= 0.3 is 0 Å². The molecule has 2 aromatic rings. The fraction of sp³-hybridized carbons (Fsp3) is 0.111. The third-order valence-corrected chi connectivity index (χ3v) is 1.92. The molecule has 0 radical (unpaired) electrons. The zero-order chi connectivity index (χ0) is 9.26. The average molecular weight is 174 g/mol. The van der Waals surface area contributed by atoms with E-state index in [9.17, 15) is 0 Å². The number of nitrogen functional groups attached to an aromatic ring is 1. The van der Waals surface area contributed by atoms with Crippen LogP contribution >= 0.6 is 0 Å². The second-order valence-electron chi connectivity index (χ2n) is 2.82. The lowest BCUT2D eigenvalue weighted by Gasteiger charge is -2.03. The van der Waals surface area contributed by atoms with Gasteiger partial charge in [-0.2, -0.15) is 0 Å². The monoisotopic (exact) mass is 174 g/mol. The second kappa shape index (κ2) is 2.90. The molecule has 0 aromatic carbocycles. The van der Waals surface area contributed by atoms with Crippen LogP contribution in [-0.4, -0.2) is 14.5 Å². The van der Waals surface area contributed by atoms with E-state index in [1.807, 2.05) is 17.8 Å². The van der Waals surface area contributed by atoms with Gasteiger partial charge in [0.25, 0.3) is 0 Å². The van der Waals surface area contributed by atoms with Crippen LogP contribution in [-0.2, 0) is 7.05 Å². The number of hydrogen-bond donors (Lipinski definition) is 1. The molecule has 0 bridgehead atoms. The summed E-state index contributed by atoms with van der Waals surface area (Å²) < 4.78 is 1.91. The zero-order valence-electron chi connectivity index (χ0n) is 7.31. The van der Waals surface area contributed by atoms with Crippen molar-refractivity contribution < 1.29 is 0 Å². The molecule has 66 valence electrons. The van der Waals surface area contributed by atoms with E-state index in [1.165, 1.54) is 0 Å². The fourth-order valence-electron chi connectivity index (χ4n) is 1.22. The number of pyridine rings is 1. The highest BCUT2D eigenvalue weighted by Crippen LogP contribution is 2.21. The molecule has 4 heteroatoms. The number of aromatic nitrogens is 3. The Morgan fingerprint density at radius 1 is 1.38 bits per heavy atom. The highest BCUT2D eigenvalue weighted by molar-refractivity contribution is 5.70. The van der Waals surface area contributed by atoms with Gasteiger partial charge in [0.2, 0.25) is 0 Å². The van der Waals surface area contributed by atoms with Crippen LogP contribution in [0.3, 0.4) is 0 Å². The molecule has 0 saturated heterocycles. The molecule has 0 aliphatic rings. The number of aryl methyl sites for hydroxylation is 1. The molecule has 0 aliphatic heterocycles. The molecule has 0 fully saturated rings. The minimum absolute atomic E-state index is 0.698. The predicted octanol–water partition coefficient (Wildman–Crippen LogP) is 1.06. The number of hydrogen-bond acceptors (Lipinski definition) is 3. The van der Waals surface area contributed by atoms with Crippen LogP contribution in [0, 0.1) is 0 Å². The van der Waals surface area contributed by atoms with E-state index in [1.54, 1.807) is 24.7 Å². The van der Waals surface area contributed by atoms with Crippen molar-refractivity contribution in [3.05, 3.63) is 30.9 Å². The van der Waals surface area contributed by atoms with E-state index in [2.05, 4.69) is 9.97 Å². The summed E-state index contributed by atoms with van der Waals surface area (Å²) in [5.41, 5.74) is 7.36. The summed E-state index contributed by atoms with van der Waals surface area (Å²) in [5.74, 6) is 0.839. The maximum Gasteiger partial charge on any atom is 0.143 e. The van der Waals surface area contributed by atoms with E-state index in [4.69, 9.17) is 5.73 Å². The summed E-state index contributed by atoms with van der Waals surface area (Å²) in [7, 11) is 1.93. The minimum Gasteiger partial charge on any atom is -0.398 e. The maximum atomic E-state index is 5.79. The summed E-state index contributed by atoms with van der Waals surface area (Å²) in [4.78, 5) is 8.20. The van der Waals surface area contributed by atoms with Crippen molar-refractivity contribution in [2.24, 2.45) is 7.05 Å². The summed E-state index contributed by atoms with van der Waals surface area (Å²) in [6.45, 7) is 0.